The number of aromatic nitrogens is 2. The highest BCUT2D eigenvalue weighted by Crippen LogP contribution is 2.20. The van der Waals surface area contributed by atoms with Crippen molar-refractivity contribution in [2.45, 2.75) is 31.9 Å². The summed E-state index contributed by atoms with van der Waals surface area (Å²) in [7, 11) is 0. The monoisotopic (exact) mass is 261 g/mol. The van der Waals surface area contributed by atoms with E-state index in [1.54, 1.807) is 13.1 Å². The molecule has 0 spiro atoms. The minimum atomic E-state index is -0.822. The van der Waals surface area contributed by atoms with E-state index < -0.39 is 5.60 Å². The van der Waals surface area contributed by atoms with Crippen LogP contribution in [0.5, 0.6) is 0 Å². The number of nitrogens with two attached hydrogens (primary N) is 1. The first-order valence-corrected chi connectivity index (χ1v) is 5.36. The summed E-state index contributed by atoms with van der Waals surface area (Å²) >= 11 is 3.33. The van der Waals surface area contributed by atoms with Crippen LogP contribution < -0.4 is 5.73 Å². The molecule has 0 aliphatic carbocycles. The van der Waals surface area contributed by atoms with Gasteiger partial charge in [0.2, 0.25) is 0 Å². The van der Waals surface area contributed by atoms with Gasteiger partial charge in [-0.25, -0.2) is 0 Å². The first-order valence-electron chi connectivity index (χ1n) is 4.57. The summed E-state index contributed by atoms with van der Waals surface area (Å²) in [6, 6.07) is 0.139. The Bertz CT molecular complexity index is 298. The fraction of sp³-hybridized carbons (Fsp3) is 0.667. The molecule has 0 fully saturated rings. The second-order valence-corrected chi connectivity index (χ2v) is 4.81. The molecule has 0 radical (unpaired) electrons. The van der Waals surface area contributed by atoms with E-state index in [1.165, 1.54) is 0 Å². The summed E-state index contributed by atoms with van der Waals surface area (Å²) in [6.45, 7) is 4.01. The van der Waals surface area contributed by atoms with Crippen LogP contribution in [0, 0.1) is 0 Å². The Morgan fingerprint density at radius 1 is 1.79 bits per heavy atom. The molecule has 4 nitrogen and oxygen atoms in total. The standard InChI is InChI=1S/C9H16BrN3O/c1-7(3-9(2,14)6-11)13-5-8(10)4-12-13/h4-5,7,14H,3,6,11H2,1-2H3. The van der Waals surface area contributed by atoms with Crippen molar-refractivity contribution in [1.82, 2.24) is 9.78 Å². The maximum absolute atomic E-state index is 9.78. The van der Waals surface area contributed by atoms with Gasteiger partial charge in [-0.2, -0.15) is 5.10 Å². The van der Waals surface area contributed by atoms with Crippen molar-refractivity contribution in [2.75, 3.05) is 6.54 Å². The SMILES string of the molecule is CC(CC(C)(O)CN)n1cc(Br)cn1. The molecule has 1 heterocycles. The zero-order valence-electron chi connectivity index (χ0n) is 8.44. The highest BCUT2D eigenvalue weighted by molar-refractivity contribution is 9.10. The Morgan fingerprint density at radius 2 is 2.43 bits per heavy atom. The van der Waals surface area contributed by atoms with Crippen LogP contribution in [0.1, 0.15) is 26.3 Å². The molecule has 80 valence electrons. The van der Waals surface area contributed by atoms with Gasteiger partial charge < -0.3 is 10.8 Å². The van der Waals surface area contributed by atoms with E-state index in [4.69, 9.17) is 5.73 Å². The molecule has 2 unspecified atom stereocenters. The van der Waals surface area contributed by atoms with Gasteiger partial charge in [0.15, 0.2) is 0 Å². The highest BCUT2D eigenvalue weighted by atomic mass is 79.9. The molecular formula is C9H16BrN3O. The molecule has 0 bridgehead atoms. The quantitative estimate of drug-likeness (QED) is 0.859. The molecule has 0 saturated carbocycles. The lowest BCUT2D eigenvalue weighted by Crippen LogP contribution is -2.36. The van der Waals surface area contributed by atoms with Crippen molar-refractivity contribution >= 4 is 15.9 Å². The normalized spacial score (nSPS) is 17.8. The van der Waals surface area contributed by atoms with Crippen molar-refractivity contribution in [3.8, 4) is 0 Å². The predicted octanol–water partition coefficient (Wildman–Crippen LogP) is 1.31. The summed E-state index contributed by atoms with van der Waals surface area (Å²) in [5, 5.41) is 13.9. The summed E-state index contributed by atoms with van der Waals surface area (Å²) in [5.74, 6) is 0. The van der Waals surface area contributed by atoms with E-state index in [0.29, 0.717) is 6.42 Å². The minimum absolute atomic E-state index is 0.139. The van der Waals surface area contributed by atoms with E-state index in [9.17, 15) is 5.11 Å². The highest BCUT2D eigenvalue weighted by Gasteiger charge is 2.22. The summed E-state index contributed by atoms with van der Waals surface area (Å²) in [6.07, 6.45) is 4.21. The molecule has 2 atom stereocenters. The first-order chi connectivity index (χ1) is 6.44. The molecule has 3 N–H and O–H groups in total. The van der Waals surface area contributed by atoms with Crippen LogP contribution in [0.2, 0.25) is 0 Å². The van der Waals surface area contributed by atoms with Crippen LogP contribution in [0.25, 0.3) is 0 Å². The van der Waals surface area contributed by atoms with E-state index in [1.807, 2.05) is 17.8 Å². The lowest BCUT2D eigenvalue weighted by Gasteiger charge is -2.25. The van der Waals surface area contributed by atoms with E-state index in [-0.39, 0.29) is 12.6 Å². The van der Waals surface area contributed by atoms with Crippen molar-refractivity contribution < 1.29 is 5.11 Å². The van der Waals surface area contributed by atoms with Gasteiger partial charge in [-0.15, -0.1) is 0 Å². The molecule has 5 heteroatoms. The average Bonchev–Trinajstić information content (AvgIpc) is 2.51. The van der Waals surface area contributed by atoms with Crippen LogP contribution >= 0.6 is 15.9 Å². The zero-order valence-corrected chi connectivity index (χ0v) is 10.0. The lowest BCUT2D eigenvalue weighted by molar-refractivity contribution is 0.0449. The number of nitrogens with zero attached hydrogens (tertiary/aromatic N) is 2. The van der Waals surface area contributed by atoms with Crippen LogP contribution in [0.4, 0.5) is 0 Å². The molecule has 1 aromatic heterocycles. The second-order valence-electron chi connectivity index (χ2n) is 3.89. The molecule has 1 rings (SSSR count). The van der Waals surface area contributed by atoms with Crippen LogP contribution in [-0.2, 0) is 0 Å². The number of aliphatic hydroxyl groups is 1. The van der Waals surface area contributed by atoms with Gasteiger partial charge in [0.1, 0.15) is 0 Å². The summed E-state index contributed by atoms with van der Waals surface area (Å²) in [5.41, 5.74) is 4.63. The average molecular weight is 262 g/mol. The van der Waals surface area contributed by atoms with E-state index >= 15 is 0 Å². The van der Waals surface area contributed by atoms with Crippen molar-refractivity contribution in [3.05, 3.63) is 16.9 Å². The van der Waals surface area contributed by atoms with Crippen molar-refractivity contribution in [1.29, 1.82) is 0 Å². The van der Waals surface area contributed by atoms with Gasteiger partial charge >= 0.3 is 0 Å². The number of rotatable bonds is 4. The molecular weight excluding hydrogens is 246 g/mol. The van der Waals surface area contributed by atoms with Gasteiger partial charge in [-0.1, -0.05) is 0 Å². The minimum Gasteiger partial charge on any atom is -0.389 e. The van der Waals surface area contributed by atoms with E-state index in [0.717, 1.165) is 4.47 Å². The van der Waals surface area contributed by atoms with Crippen molar-refractivity contribution in [3.63, 3.8) is 0 Å². The predicted molar refractivity (Wildman–Crippen MR) is 58.9 cm³/mol. The first kappa shape index (κ1) is 11.7. The van der Waals surface area contributed by atoms with Crippen LogP contribution in [-0.4, -0.2) is 27.0 Å². The van der Waals surface area contributed by atoms with Gasteiger partial charge in [-0.3, -0.25) is 4.68 Å². The summed E-state index contributed by atoms with van der Waals surface area (Å²) < 4.78 is 2.76. The molecule has 0 amide bonds. The summed E-state index contributed by atoms with van der Waals surface area (Å²) in [4.78, 5) is 0. The topological polar surface area (TPSA) is 64.1 Å². The maximum Gasteiger partial charge on any atom is 0.0761 e. The van der Waals surface area contributed by atoms with Crippen molar-refractivity contribution in [2.24, 2.45) is 5.73 Å². The number of hydrogen-bond donors (Lipinski definition) is 2. The molecule has 0 saturated heterocycles. The Kier molecular flexibility index (Phi) is 3.69. The second kappa shape index (κ2) is 4.42. The Balaban J connectivity index is 2.63. The smallest absolute Gasteiger partial charge is 0.0761 e. The van der Waals surface area contributed by atoms with Crippen LogP contribution in [0.3, 0.4) is 0 Å². The zero-order chi connectivity index (χ0) is 10.8. The molecule has 0 aromatic carbocycles. The molecule has 0 aliphatic rings. The third-order valence-electron chi connectivity index (χ3n) is 2.20. The largest absolute Gasteiger partial charge is 0.389 e. The van der Waals surface area contributed by atoms with E-state index in [2.05, 4.69) is 21.0 Å². The third kappa shape index (κ3) is 3.08. The molecule has 0 aliphatic heterocycles. The maximum atomic E-state index is 9.78. The van der Waals surface area contributed by atoms with Gasteiger partial charge in [0.05, 0.1) is 22.3 Å². The number of halogens is 1. The van der Waals surface area contributed by atoms with Gasteiger partial charge in [0.25, 0.3) is 0 Å². The fourth-order valence-corrected chi connectivity index (χ4v) is 1.67. The molecule has 14 heavy (non-hydrogen) atoms. The Labute approximate surface area is 92.2 Å². The molecule has 1 aromatic rings. The Hall–Kier alpha value is -0.390. The van der Waals surface area contributed by atoms with Gasteiger partial charge in [-0.05, 0) is 36.2 Å². The van der Waals surface area contributed by atoms with Crippen LogP contribution in [0.15, 0.2) is 16.9 Å². The lowest BCUT2D eigenvalue weighted by atomic mass is 9.98. The fourth-order valence-electron chi connectivity index (χ4n) is 1.37. The Morgan fingerprint density at radius 3 is 2.86 bits per heavy atom. The van der Waals surface area contributed by atoms with Gasteiger partial charge in [0, 0.05) is 12.7 Å². The third-order valence-corrected chi connectivity index (χ3v) is 2.61. The number of hydrogen-bond acceptors (Lipinski definition) is 3.